The van der Waals surface area contributed by atoms with Crippen LogP contribution in [0.3, 0.4) is 0 Å². The molecule has 1 aliphatic heterocycles. The smallest absolute Gasteiger partial charge is 0.138 e. The highest BCUT2D eigenvalue weighted by Crippen LogP contribution is 2.53. The van der Waals surface area contributed by atoms with E-state index in [2.05, 4.69) is 44.3 Å². The number of rotatable bonds is 3. The molecular formula is C23H26N4O. The molecule has 5 nitrogen and oxygen atoms in total. The monoisotopic (exact) mass is 374 g/mol. The Morgan fingerprint density at radius 2 is 1.86 bits per heavy atom. The summed E-state index contributed by atoms with van der Waals surface area (Å²) in [6, 6.07) is 9.02. The lowest BCUT2D eigenvalue weighted by Gasteiger charge is -2.40. The van der Waals surface area contributed by atoms with E-state index in [1.54, 1.807) is 11.9 Å². The van der Waals surface area contributed by atoms with Gasteiger partial charge in [-0.2, -0.15) is 0 Å². The third kappa shape index (κ3) is 2.85. The van der Waals surface area contributed by atoms with E-state index >= 15 is 0 Å². The fraction of sp³-hybridized carbons (Fsp3) is 0.435. The Labute approximate surface area is 165 Å². The standard InChI is InChI=1S/C23H26N4O/c1-16-21(17(2)28-26-16)14-27-9-7-23(8-10-27)11-20(18-12-24-15-25-13-18)19-5-3-4-6-22(19)23/h3-6,12-13,15,20H,7-11,14H2,1-2H3. The van der Waals surface area contributed by atoms with Gasteiger partial charge in [-0.05, 0) is 68.3 Å². The molecule has 2 aliphatic rings. The molecule has 3 aromatic rings. The molecule has 1 aliphatic carbocycles. The third-order valence-electron chi connectivity index (χ3n) is 6.86. The Balaban J connectivity index is 1.38. The highest BCUT2D eigenvalue weighted by Gasteiger charge is 2.45. The average Bonchev–Trinajstić information content (AvgIpc) is 3.23. The van der Waals surface area contributed by atoms with Gasteiger partial charge >= 0.3 is 0 Å². The van der Waals surface area contributed by atoms with Gasteiger partial charge in [-0.15, -0.1) is 0 Å². The van der Waals surface area contributed by atoms with Gasteiger partial charge in [-0.1, -0.05) is 29.4 Å². The lowest BCUT2D eigenvalue weighted by molar-refractivity contribution is 0.149. The molecule has 0 amide bonds. The second-order valence-electron chi connectivity index (χ2n) is 8.37. The zero-order chi connectivity index (χ0) is 19.1. The molecule has 1 spiro atoms. The van der Waals surface area contributed by atoms with Crippen molar-refractivity contribution < 1.29 is 4.52 Å². The van der Waals surface area contributed by atoms with Crippen LogP contribution in [0.1, 0.15) is 58.9 Å². The number of aryl methyl sites for hydroxylation is 2. The molecule has 1 unspecified atom stereocenters. The summed E-state index contributed by atoms with van der Waals surface area (Å²) in [7, 11) is 0. The Morgan fingerprint density at radius 3 is 2.57 bits per heavy atom. The summed E-state index contributed by atoms with van der Waals surface area (Å²) < 4.78 is 5.35. The van der Waals surface area contributed by atoms with Crippen LogP contribution in [0.5, 0.6) is 0 Å². The summed E-state index contributed by atoms with van der Waals surface area (Å²) in [5.41, 5.74) is 6.80. The number of hydrogen-bond acceptors (Lipinski definition) is 5. The Morgan fingerprint density at radius 1 is 1.11 bits per heavy atom. The van der Waals surface area contributed by atoms with Crippen molar-refractivity contribution in [3.63, 3.8) is 0 Å². The molecular weight excluding hydrogens is 348 g/mol. The van der Waals surface area contributed by atoms with Crippen molar-refractivity contribution in [1.82, 2.24) is 20.0 Å². The van der Waals surface area contributed by atoms with Gasteiger partial charge in [-0.25, -0.2) is 9.97 Å². The van der Waals surface area contributed by atoms with Crippen molar-refractivity contribution in [3.05, 3.63) is 76.7 Å². The molecule has 2 aromatic heterocycles. The lowest BCUT2D eigenvalue weighted by Crippen LogP contribution is -2.41. The van der Waals surface area contributed by atoms with Gasteiger partial charge in [0, 0.05) is 30.4 Å². The summed E-state index contributed by atoms with van der Waals surface area (Å²) in [5.74, 6) is 1.36. The van der Waals surface area contributed by atoms with Crippen LogP contribution in [0.25, 0.3) is 0 Å². The maximum Gasteiger partial charge on any atom is 0.138 e. The fourth-order valence-corrected chi connectivity index (χ4v) is 5.25. The molecule has 0 radical (unpaired) electrons. The molecule has 1 fully saturated rings. The van der Waals surface area contributed by atoms with E-state index in [0.29, 0.717) is 5.92 Å². The Hall–Kier alpha value is -2.53. The topological polar surface area (TPSA) is 55.1 Å². The highest BCUT2D eigenvalue weighted by atomic mass is 16.5. The minimum absolute atomic E-state index is 0.270. The quantitative estimate of drug-likeness (QED) is 0.689. The van der Waals surface area contributed by atoms with E-state index in [-0.39, 0.29) is 5.41 Å². The summed E-state index contributed by atoms with van der Waals surface area (Å²) in [4.78, 5) is 11.1. The van der Waals surface area contributed by atoms with Crippen LogP contribution in [0.15, 0.2) is 47.5 Å². The minimum Gasteiger partial charge on any atom is -0.361 e. The number of aromatic nitrogens is 3. The molecule has 1 saturated heterocycles. The molecule has 0 saturated carbocycles. The number of likely N-dealkylation sites (tertiary alicyclic amines) is 1. The molecule has 0 bridgehead atoms. The maximum atomic E-state index is 5.35. The van der Waals surface area contributed by atoms with Gasteiger partial charge in [0.25, 0.3) is 0 Å². The van der Waals surface area contributed by atoms with Gasteiger partial charge in [-0.3, -0.25) is 4.90 Å². The molecule has 5 heteroatoms. The summed E-state index contributed by atoms with van der Waals surface area (Å²) in [6.07, 6.45) is 9.14. The van der Waals surface area contributed by atoms with Gasteiger partial charge in [0.2, 0.25) is 0 Å². The third-order valence-corrected chi connectivity index (χ3v) is 6.86. The van der Waals surface area contributed by atoms with Crippen molar-refractivity contribution in [2.75, 3.05) is 13.1 Å². The SMILES string of the molecule is Cc1noc(C)c1CN1CCC2(CC1)CC(c1cncnc1)c1ccccc12. The second-order valence-corrected chi connectivity index (χ2v) is 8.37. The van der Waals surface area contributed by atoms with E-state index in [1.807, 2.05) is 26.2 Å². The Bertz CT molecular complexity index is 954. The first-order valence-electron chi connectivity index (χ1n) is 10.1. The van der Waals surface area contributed by atoms with E-state index in [4.69, 9.17) is 4.52 Å². The van der Waals surface area contributed by atoms with Crippen LogP contribution in [0, 0.1) is 13.8 Å². The van der Waals surface area contributed by atoms with Crippen LogP contribution >= 0.6 is 0 Å². The van der Waals surface area contributed by atoms with E-state index in [1.165, 1.54) is 36.0 Å². The Kier molecular flexibility index (Phi) is 4.27. The van der Waals surface area contributed by atoms with Crippen molar-refractivity contribution in [2.24, 2.45) is 0 Å². The molecule has 0 N–H and O–H groups in total. The number of hydrogen-bond donors (Lipinski definition) is 0. The summed E-state index contributed by atoms with van der Waals surface area (Å²) in [6.45, 7) is 7.21. The van der Waals surface area contributed by atoms with Gasteiger partial charge in [0.05, 0.1) is 5.69 Å². The van der Waals surface area contributed by atoms with Crippen molar-refractivity contribution in [2.45, 2.75) is 51.0 Å². The van der Waals surface area contributed by atoms with Crippen LogP contribution < -0.4 is 0 Å². The van der Waals surface area contributed by atoms with Crippen molar-refractivity contribution in [1.29, 1.82) is 0 Å². The first kappa shape index (κ1) is 17.6. The van der Waals surface area contributed by atoms with E-state index in [0.717, 1.165) is 31.1 Å². The highest BCUT2D eigenvalue weighted by molar-refractivity contribution is 5.47. The minimum atomic E-state index is 0.270. The van der Waals surface area contributed by atoms with E-state index in [9.17, 15) is 0 Å². The zero-order valence-corrected chi connectivity index (χ0v) is 16.6. The molecule has 28 heavy (non-hydrogen) atoms. The molecule has 3 heterocycles. The van der Waals surface area contributed by atoms with Crippen LogP contribution in [-0.2, 0) is 12.0 Å². The summed E-state index contributed by atoms with van der Waals surface area (Å²) >= 11 is 0. The van der Waals surface area contributed by atoms with Gasteiger partial charge < -0.3 is 4.52 Å². The molecule has 1 atom stereocenters. The normalized spacial score (nSPS) is 21.1. The molecule has 5 rings (SSSR count). The maximum absolute atomic E-state index is 5.35. The number of benzene rings is 1. The van der Waals surface area contributed by atoms with Crippen LogP contribution in [0.2, 0.25) is 0 Å². The van der Waals surface area contributed by atoms with Crippen molar-refractivity contribution >= 4 is 0 Å². The van der Waals surface area contributed by atoms with Crippen molar-refractivity contribution in [3.8, 4) is 0 Å². The molecule has 1 aromatic carbocycles. The number of piperidine rings is 1. The van der Waals surface area contributed by atoms with Crippen LogP contribution in [-0.4, -0.2) is 33.1 Å². The van der Waals surface area contributed by atoms with Gasteiger partial charge in [0.1, 0.15) is 12.1 Å². The molecule has 144 valence electrons. The fourth-order valence-electron chi connectivity index (χ4n) is 5.25. The lowest BCUT2D eigenvalue weighted by atomic mass is 9.73. The zero-order valence-electron chi connectivity index (χ0n) is 16.6. The van der Waals surface area contributed by atoms with Gasteiger partial charge in [0.15, 0.2) is 0 Å². The first-order valence-corrected chi connectivity index (χ1v) is 10.1. The van der Waals surface area contributed by atoms with E-state index < -0.39 is 0 Å². The predicted molar refractivity (Wildman–Crippen MR) is 107 cm³/mol. The van der Waals surface area contributed by atoms with Crippen LogP contribution in [0.4, 0.5) is 0 Å². The summed E-state index contributed by atoms with van der Waals surface area (Å²) in [5, 5.41) is 4.11. The first-order chi connectivity index (χ1) is 13.7. The average molecular weight is 374 g/mol. The predicted octanol–water partition coefficient (Wildman–Crippen LogP) is 4.15. The largest absolute Gasteiger partial charge is 0.361 e. The number of nitrogens with zero attached hydrogens (tertiary/aromatic N) is 4. The number of fused-ring (bicyclic) bond motifs is 2. The second kappa shape index (κ2) is 6.82.